The maximum atomic E-state index is 12.1. The van der Waals surface area contributed by atoms with Crippen molar-refractivity contribution < 1.29 is 4.79 Å². The highest BCUT2D eigenvalue weighted by Gasteiger charge is 2.14. The molecule has 0 atom stereocenters. The molecule has 0 saturated carbocycles. The first-order chi connectivity index (χ1) is 10.1. The van der Waals surface area contributed by atoms with Gasteiger partial charge >= 0.3 is 0 Å². The Labute approximate surface area is 139 Å². The monoisotopic (exact) mass is 373 g/mol. The Morgan fingerprint density at radius 3 is 2.76 bits per heavy atom. The third kappa shape index (κ3) is 4.95. The number of halogens is 2. The van der Waals surface area contributed by atoms with E-state index in [0.29, 0.717) is 17.1 Å². The van der Waals surface area contributed by atoms with Crippen LogP contribution in [0.3, 0.4) is 0 Å². The second kappa shape index (κ2) is 8.13. The van der Waals surface area contributed by atoms with Crippen molar-refractivity contribution in [2.24, 2.45) is 0 Å². The van der Waals surface area contributed by atoms with Crippen molar-refractivity contribution in [2.75, 3.05) is 46.3 Å². The first-order valence-electron chi connectivity index (χ1n) is 7.21. The average molecular weight is 375 g/mol. The lowest BCUT2D eigenvalue weighted by Crippen LogP contribution is -2.45. The van der Waals surface area contributed by atoms with Crippen LogP contribution >= 0.6 is 27.5 Å². The molecule has 1 aromatic carbocycles. The van der Waals surface area contributed by atoms with Gasteiger partial charge < -0.3 is 15.1 Å². The number of hydrogen-bond donors (Lipinski definition) is 1. The smallest absolute Gasteiger partial charge is 0.252 e. The van der Waals surface area contributed by atoms with E-state index >= 15 is 0 Å². The molecule has 0 aliphatic carbocycles. The number of likely N-dealkylation sites (N-methyl/N-ethyl adjacent to an activating group) is 1. The van der Waals surface area contributed by atoms with E-state index < -0.39 is 0 Å². The average Bonchev–Trinajstić information content (AvgIpc) is 2.48. The Kier molecular flexibility index (Phi) is 6.48. The van der Waals surface area contributed by atoms with Gasteiger partial charge in [0.15, 0.2) is 0 Å². The van der Waals surface area contributed by atoms with E-state index in [4.69, 9.17) is 11.6 Å². The molecule has 1 fully saturated rings. The molecule has 1 aliphatic rings. The van der Waals surface area contributed by atoms with Gasteiger partial charge in [0.25, 0.3) is 5.91 Å². The van der Waals surface area contributed by atoms with Gasteiger partial charge in [0.2, 0.25) is 0 Å². The molecule has 116 valence electrons. The van der Waals surface area contributed by atoms with E-state index in [-0.39, 0.29) is 5.91 Å². The molecule has 6 heteroatoms. The molecule has 1 N–H and O–H groups in total. The number of carbonyl (C=O) groups excluding carboxylic acids is 1. The van der Waals surface area contributed by atoms with Gasteiger partial charge in [0.05, 0.1) is 10.6 Å². The van der Waals surface area contributed by atoms with Crippen molar-refractivity contribution in [1.82, 2.24) is 15.1 Å². The van der Waals surface area contributed by atoms with Crippen molar-refractivity contribution in [3.05, 3.63) is 33.3 Å². The van der Waals surface area contributed by atoms with Gasteiger partial charge in [-0.05, 0) is 48.1 Å². The summed E-state index contributed by atoms with van der Waals surface area (Å²) < 4.78 is 0.745. The minimum Gasteiger partial charge on any atom is -0.352 e. The number of nitrogens with zero attached hydrogens (tertiary/aromatic N) is 2. The van der Waals surface area contributed by atoms with Gasteiger partial charge in [-0.3, -0.25) is 4.79 Å². The summed E-state index contributed by atoms with van der Waals surface area (Å²) >= 11 is 9.45. The molecular weight excluding hydrogens is 354 g/mol. The summed E-state index contributed by atoms with van der Waals surface area (Å²) in [4.78, 5) is 16.9. The second-order valence-corrected chi connectivity index (χ2v) is 6.59. The molecule has 1 aliphatic heterocycles. The third-order valence-electron chi connectivity index (χ3n) is 3.73. The molecule has 0 spiro atoms. The summed E-state index contributed by atoms with van der Waals surface area (Å²) in [6.07, 6.45) is 0.959. The van der Waals surface area contributed by atoms with Gasteiger partial charge in [-0.1, -0.05) is 17.7 Å². The lowest BCUT2D eigenvalue weighted by Gasteiger charge is -2.32. The molecule has 0 radical (unpaired) electrons. The topological polar surface area (TPSA) is 35.6 Å². The first kappa shape index (κ1) is 16.7. The van der Waals surface area contributed by atoms with Crippen molar-refractivity contribution >= 4 is 33.4 Å². The summed E-state index contributed by atoms with van der Waals surface area (Å²) in [6, 6.07) is 5.38. The van der Waals surface area contributed by atoms with Crippen LogP contribution in [0.2, 0.25) is 5.02 Å². The number of benzene rings is 1. The van der Waals surface area contributed by atoms with Crippen LogP contribution < -0.4 is 5.32 Å². The summed E-state index contributed by atoms with van der Waals surface area (Å²) in [5.74, 6) is -0.111. The number of nitrogens with one attached hydrogen (secondary N) is 1. The molecule has 1 amide bonds. The van der Waals surface area contributed by atoms with Crippen LogP contribution in [0.1, 0.15) is 16.8 Å². The fourth-order valence-electron chi connectivity index (χ4n) is 2.35. The van der Waals surface area contributed by atoms with Gasteiger partial charge in [0, 0.05) is 37.2 Å². The predicted molar refractivity (Wildman–Crippen MR) is 90.0 cm³/mol. The predicted octanol–water partition coefficient (Wildman–Crippen LogP) is 2.47. The van der Waals surface area contributed by atoms with Crippen molar-refractivity contribution in [3.8, 4) is 0 Å². The molecule has 21 heavy (non-hydrogen) atoms. The molecule has 0 aromatic heterocycles. The van der Waals surface area contributed by atoms with Crippen LogP contribution in [0.15, 0.2) is 22.7 Å². The summed E-state index contributed by atoms with van der Waals surface area (Å²) in [5.41, 5.74) is 0.519. The third-order valence-corrected chi connectivity index (χ3v) is 5.03. The SMILES string of the molecule is CN1CCN(CCCNC(=O)c2cccc(Br)c2Cl)CC1. The summed E-state index contributed by atoms with van der Waals surface area (Å²) in [7, 11) is 2.15. The molecule has 1 heterocycles. The lowest BCUT2D eigenvalue weighted by molar-refractivity contribution is 0.0949. The number of hydrogen-bond acceptors (Lipinski definition) is 3. The van der Waals surface area contributed by atoms with E-state index in [1.165, 1.54) is 0 Å². The van der Waals surface area contributed by atoms with Crippen molar-refractivity contribution in [3.63, 3.8) is 0 Å². The molecule has 1 aromatic rings. The van der Waals surface area contributed by atoms with Gasteiger partial charge in [-0.15, -0.1) is 0 Å². The zero-order valence-electron chi connectivity index (χ0n) is 12.2. The Morgan fingerprint density at radius 2 is 2.05 bits per heavy atom. The van der Waals surface area contributed by atoms with Crippen LogP contribution in [-0.2, 0) is 0 Å². The highest BCUT2D eigenvalue weighted by atomic mass is 79.9. The number of carbonyl (C=O) groups is 1. The lowest BCUT2D eigenvalue weighted by atomic mass is 10.2. The fraction of sp³-hybridized carbons (Fsp3) is 0.533. The van der Waals surface area contributed by atoms with Gasteiger partial charge in [0.1, 0.15) is 0 Å². The Balaban J connectivity index is 1.71. The molecule has 1 saturated heterocycles. The van der Waals surface area contributed by atoms with Crippen LogP contribution in [0, 0.1) is 0 Å². The molecule has 0 bridgehead atoms. The number of amides is 1. The van der Waals surface area contributed by atoms with Crippen LogP contribution in [0.5, 0.6) is 0 Å². The number of piperazine rings is 1. The maximum absolute atomic E-state index is 12.1. The summed E-state index contributed by atoms with van der Waals surface area (Å²) in [6.45, 7) is 6.18. The van der Waals surface area contributed by atoms with Crippen LogP contribution in [0.4, 0.5) is 0 Å². The second-order valence-electron chi connectivity index (χ2n) is 5.36. The molecule has 4 nitrogen and oxygen atoms in total. The van der Waals surface area contributed by atoms with E-state index in [1.807, 2.05) is 12.1 Å². The first-order valence-corrected chi connectivity index (χ1v) is 8.38. The molecular formula is C15H21BrClN3O. The highest BCUT2D eigenvalue weighted by Crippen LogP contribution is 2.25. The van der Waals surface area contributed by atoms with Crippen molar-refractivity contribution in [2.45, 2.75) is 6.42 Å². The van der Waals surface area contributed by atoms with Gasteiger partial charge in [-0.2, -0.15) is 0 Å². The Bertz CT molecular complexity index is 490. The van der Waals surface area contributed by atoms with Crippen molar-refractivity contribution in [1.29, 1.82) is 0 Å². The molecule has 2 rings (SSSR count). The minimum absolute atomic E-state index is 0.111. The fourth-order valence-corrected chi connectivity index (χ4v) is 2.93. The summed E-state index contributed by atoms with van der Waals surface area (Å²) in [5, 5.41) is 3.40. The number of rotatable bonds is 5. The quantitative estimate of drug-likeness (QED) is 0.804. The Morgan fingerprint density at radius 1 is 1.33 bits per heavy atom. The standard InChI is InChI=1S/C15H21BrClN3O/c1-19-8-10-20(11-9-19)7-3-6-18-15(21)12-4-2-5-13(16)14(12)17/h2,4-5H,3,6-11H2,1H3,(H,18,21). The minimum atomic E-state index is -0.111. The maximum Gasteiger partial charge on any atom is 0.252 e. The van der Waals surface area contributed by atoms with E-state index in [1.54, 1.807) is 6.07 Å². The largest absolute Gasteiger partial charge is 0.352 e. The van der Waals surface area contributed by atoms with E-state index in [0.717, 1.165) is 43.6 Å². The van der Waals surface area contributed by atoms with E-state index in [9.17, 15) is 4.79 Å². The zero-order chi connectivity index (χ0) is 15.2. The van der Waals surface area contributed by atoms with Crippen LogP contribution in [0.25, 0.3) is 0 Å². The normalized spacial score (nSPS) is 16.9. The van der Waals surface area contributed by atoms with Gasteiger partial charge in [-0.25, -0.2) is 0 Å². The zero-order valence-corrected chi connectivity index (χ0v) is 14.6. The van der Waals surface area contributed by atoms with E-state index in [2.05, 4.69) is 38.1 Å². The highest BCUT2D eigenvalue weighted by molar-refractivity contribution is 9.10. The molecule has 0 unspecified atom stereocenters. The van der Waals surface area contributed by atoms with Crippen LogP contribution in [-0.4, -0.2) is 62.0 Å². The Hall–Kier alpha value is -0.620.